The highest BCUT2D eigenvalue weighted by Crippen LogP contribution is 2.45. The first-order valence-electron chi connectivity index (χ1n) is 23.9. The molecule has 1 nitrogen and oxygen atoms in total. The van der Waals surface area contributed by atoms with E-state index >= 15 is 0 Å². The fourth-order valence-electron chi connectivity index (χ4n) is 8.53. The quantitative estimate of drug-likeness (QED) is 0.139. The second-order valence-corrected chi connectivity index (χ2v) is 15.1. The molecule has 0 spiro atoms. The predicted octanol–water partition coefficient (Wildman–Crippen LogP) is 17.0. The molecule has 0 saturated carbocycles. The van der Waals surface area contributed by atoms with E-state index in [9.17, 15) is 9.60 Å². The zero-order valence-electron chi connectivity index (χ0n) is 40.1. The Morgan fingerprint density at radius 1 is 0.295 bits per heavy atom. The highest BCUT2D eigenvalue weighted by Gasteiger charge is 2.20. The Morgan fingerprint density at radius 3 is 1.54 bits per heavy atom. The van der Waals surface area contributed by atoms with Crippen LogP contribution in [0.2, 0.25) is 0 Å². The molecule has 0 aliphatic rings. The maximum atomic E-state index is 9.98. The van der Waals surface area contributed by atoms with Crippen LogP contribution in [0.3, 0.4) is 0 Å². The lowest BCUT2D eigenvalue weighted by Crippen LogP contribution is -2.11. The fraction of sp³-hybridized carbons (Fsp3) is 0. The molecule has 0 heterocycles. The second kappa shape index (κ2) is 15.6. The summed E-state index contributed by atoms with van der Waals surface area (Å²) in [6, 6.07) is 64.9. The van der Waals surface area contributed by atoms with Gasteiger partial charge < -0.3 is 4.90 Å². The van der Waals surface area contributed by atoms with Crippen LogP contribution in [0.1, 0.15) is 9.60 Å². The van der Waals surface area contributed by atoms with Gasteiger partial charge in [0.1, 0.15) is 0 Å². The van der Waals surface area contributed by atoms with Crippen molar-refractivity contribution in [2.75, 3.05) is 4.90 Å². The standard InChI is InChI=1S/C60H41N/c1-4-16-42(17-5-1)48-33-39-59(58(40-48)43-18-6-2-7-19-43)61(51-36-30-46(31-37-51)57-41-49-23-11-12-24-52(49)55-26-14-15-27-56(55)57)50-34-28-45(29-35-50)54-38-32-44-20-10-13-25-53(44)60(54)47-21-8-3-9-22-47/h1-41H/i28D,29D,33D,34D,35D,39D,40D. The average Bonchev–Trinajstić information content (AvgIpc) is 3.39. The van der Waals surface area contributed by atoms with Crippen LogP contribution in [-0.2, 0) is 0 Å². The number of hydrogen-bond acceptors (Lipinski definition) is 1. The molecule has 11 aromatic rings. The van der Waals surface area contributed by atoms with Crippen LogP contribution in [0.25, 0.3) is 88.0 Å². The van der Waals surface area contributed by atoms with Gasteiger partial charge in [0.2, 0.25) is 0 Å². The van der Waals surface area contributed by atoms with Crippen molar-refractivity contribution >= 4 is 49.4 Å². The van der Waals surface area contributed by atoms with Gasteiger partial charge in [-0.1, -0.05) is 206 Å². The van der Waals surface area contributed by atoms with Crippen molar-refractivity contribution < 1.29 is 9.60 Å². The minimum atomic E-state index is -0.332. The minimum Gasteiger partial charge on any atom is -0.310 e. The molecule has 0 atom stereocenters. The largest absolute Gasteiger partial charge is 0.310 e. The summed E-state index contributed by atoms with van der Waals surface area (Å²) in [5.41, 5.74) is 6.49. The molecule has 0 saturated heterocycles. The maximum Gasteiger partial charge on any atom is 0.0645 e. The summed E-state index contributed by atoms with van der Waals surface area (Å²) in [5.74, 6) is 0. The molecule has 11 rings (SSSR count). The summed E-state index contributed by atoms with van der Waals surface area (Å²) < 4.78 is 69.1. The molecule has 0 aliphatic carbocycles. The average molecular weight is 783 g/mol. The topological polar surface area (TPSA) is 3.24 Å². The summed E-state index contributed by atoms with van der Waals surface area (Å²) in [6.45, 7) is 0. The molecular formula is C60H41N. The summed E-state index contributed by atoms with van der Waals surface area (Å²) in [7, 11) is 0. The van der Waals surface area contributed by atoms with Crippen LogP contribution in [0.5, 0.6) is 0 Å². The number of fused-ring (bicyclic) bond motifs is 4. The highest BCUT2D eigenvalue weighted by molar-refractivity contribution is 6.14. The minimum absolute atomic E-state index is 0.00167. The van der Waals surface area contributed by atoms with Crippen LogP contribution >= 0.6 is 0 Å². The van der Waals surface area contributed by atoms with Gasteiger partial charge in [0.15, 0.2) is 0 Å². The Hall–Kier alpha value is -8.00. The summed E-state index contributed by atoms with van der Waals surface area (Å²) in [6.07, 6.45) is 0. The van der Waals surface area contributed by atoms with Gasteiger partial charge in [-0.15, -0.1) is 0 Å². The third kappa shape index (κ3) is 6.73. The van der Waals surface area contributed by atoms with E-state index in [1.807, 2.05) is 176 Å². The molecule has 11 aromatic carbocycles. The van der Waals surface area contributed by atoms with Gasteiger partial charge in [0.25, 0.3) is 0 Å². The molecule has 0 N–H and O–H groups in total. The molecule has 1 heteroatoms. The zero-order valence-corrected chi connectivity index (χ0v) is 33.1. The first kappa shape index (κ1) is 29.2. The molecule has 0 aliphatic heterocycles. The van der Waals surface area contributed by atoms with Gasteiger partial charge in [0, 0.05) is 16.9 Å². The van der Waals surface area contributed by atoms with Gasteiger partial charge in [0.05, 0.1) is 15.3 Å². The monoisotopic (exact) mass is 782 g/mol. The van der Waals surface area contributed by atoms with E-state index in [2.05, 4.69) is 30.3 Å². The third-order valence-corrected chi connectivity index (χ3v) is 11.4. The molecule has 0 aromatic heterocycles. The summed E-state index contributed by atoms with van der Waals surface area (Å²) in [5, 5.41) is 6.31. The van der Waals surface area contributed by atoms with Crippen molar-refractivity contribution in [1.82, 2.24) is 0 Å². The lowest BCUT2D eigenvalue weighted by atomic mass is 9.89. The van der Waals surface area contributed by atoms with E-state index in [0.29, 0.717) is 27.9 Å². The molecular weight excluding hydrogens is 735 g/mol. The van der Waals surface area contributed by atoms with Crippen LogP contribution in [-0.4, -0.2) is 0 Å². The van der Waals surface area contributed by atoms with Gasteiger partial charge in [-0.25, -0.2) is 0 Å². The van der Waals surface area contributed by atoms with Crippen LogP contribution in [0.4, 0.5) is 17.1 Å². The molecule has 0 radical (unpaired) electrons. The summed E-state index contributed by atoms with van der Waals surface area (Å²) in [4.78, 5) is 1.57. The van der Waals surface area contributed by atoms with Crippen molar-refractivity contribution in [3.63, 3.8) is 0 Å². The first-order chi connectivity index (χ1) is 33.2. The van der Waals surface area contributed by atoms with Crippen LogP contribution < -0.4 is 4.90 Å². The fourth-order valence-corrected chi connectivity index (χ4v) is 8.53. The number of hydrogen-bond donors (Lipinski definition) is 0. The Bertz CT molecular complexity index is 3720. The Labute approximate surface area is 366 Å². The Kier molecular flexibility index (Phi) is 7.50. The zero-order chi connectivity index (χ0) is 46.6. The van der Waals surface area contributed by atoms with Gasteiger partial charge >= 0.3 is 0 Å². The van der Waals surface area contributed by atoms with Gasteiger partial charge in [-0.2, -0.15) is 0 Å². The summed E-state index contributed by atoms with van der Waals surface area (Å²) >= 11 is 0. The second-order valence-electron chi connectivity index (χ2n) is 15.1. The van der Waals surface area contributed by atoms with E-state index in [4.69, 9.17) is 0 Å². The van der Waals surface area contributed by atoms with Crippen LogP contribution in [0.15, 0.2) is 249 Å². The predicted molar refractivity (Wildman–Crippen MR) is 261 cm³/mol. The van der Waals surface area contributed by atoms with E-state index < -0.39 is 0 Å². The van der Waals surface area contributed by atoms with E-state index in [-0.39, 0.29) is 64.8 Å². The van der Waals surface area contributed by atoms with Crippen molar-refractivity contribution in [2.24, 2.45) is 0 Å². The van der Waals surface area contributed by atoms with Gasteiger partial charge in [-0.3, -0.25) is 0 Å². The number of rotatable bonds is 8. The molecule has 0 fully saturated rings. The van der Waals surface area contributed by atoms with Crippen molar-refractivity contribution in [1.29, 1.82) is 0 Å². The highest BCUT2D eigenvalue weighted by atomic mass is 15.1. The van der Waals surface area contributed by atoms with E-state index in [0.717, 1.165) is 54.6 Å². The third-order valence-electron chi connectivity index (χ3n) is 11.4. The normalized spacial score (nSPS) is 12.9. The number of nitrogens with zero attached hydrogens (tertiary/aromatic N) is 1. The Morgan fingerprint density at radius 2 is 0.836 bits per heavy atom. The molecule has 0 amide bonds. The van der Waals surface area contributed by atoms with Crippen LogP contribution in [0, 0.1) is 0 Å². The Balaban J connectivity index is 1.20. The lowest BCUT2D eigenvalue weighted by molar-refractivity contribution is 1.28. The van der Waals surface area contributed by atoms with Crippen molar-refractivity contribution in [3.05, 3.63) is 249 Å². The molecule has 61 heavy (non-hydrogen) atoms. The maximum absolute atomic E-state index is 9.98. The number of anilines is 3. The SMILES string of the molecule is [2H]c1c([2H])c(N(c2ccc(-c3cc4ccccc4c4ccccc34)cc2)c2c([2H])c([2H])c(-c3ccc4ccccc4c3-c3ccccc3)c([2H])c2[2H])c(-c2ccccc2)c([2H])c1-c1ccccc1. The van der Waals surface area contributed by atoms with E-state index in [1.165, 1.54) is 0 Å². The van der Waals surface area contributed by atoms with Gasteiger partial charge in [-0.05, 0) is 125 Å². The molecule has 0 bridgehead atoms. The molecule has 0 unspecified atom stereocenters. The van der Waals surface area contributed by atoms with E-state index in [1.54, 1.807) is 4.90 Å². The smallest absolute Gasteiger partial charge is 0.0645 e. The first-order valence-corrected chi connectivity index (χ1v) is 20.4. The number of benzene rings is 11. The lowest BCUT2D eigenvalue weighted by Gasteiger charge is -2.29. The van der Waals surface area contributed by atoms with Crippen molar-refractivity contribution in [2.45, 2.75) is 0 Å². The molecule has 286 valence electrons. The van der Waals surface area contributed by atoms with Crippen molar-refractivity contribution in [3.8, 4) is 55.6 Å².